The van der Waals surface area contributed by atoms with Crippen LogP contribution in [-0.4, -0.2) is 79.1 Å². The van der Waals surface area contributed by atoms with Crippen LogP contribution in [0.25, 0.3) is 0 Å². The van der Waals surface area contributed by atoms with E-state index in [0.717, 1.165) is 49.9 Å². The van der Waals surface area contributed by atoms with E-state index in [0.29, 0.717) is 28.8 Å². The van der Waals surface area contributed by atoms with E-state index in [9.17, 15) is 14.0 Å². The summed E-state index contributed by atoms with van der Waals surface area (Å²) >= 11 is 12.0. The van der Waals surface area contributed by atoms with Crippen LogP contribution < -0.4 is 19.9 Å². The van der Waals surface area contributed by atoms with Gasteiger partial charge in [-0.25, -0.2) is 4.39 Å². The summed E-state index contributed by atoms with van der Waals surface area (Å²) in [5.41, 5.74) is 2.21. The van der Waals surface area contributed by atoms with E-state index in [-0.39, 0.29) is 18.2 Å². The number of piperazine rings is 1. The Hall–Kier alpha value is -3.73. The molecule has 220 valence electrons. The van der Waals surface area contributed by atoms with Gasteiger partial charge >= 0.3 is 0 Å². The second kappa shape index (κ2) is 13.5. The van der Waals surface area contributed by atoms with Gasteiger partial charge in [0.2, 0.25) is 5.91 Å². The Kier molecular flexibility index (Phi) is 9.56. The van der Waals surface area contributed by atoms with Crippen molar-refractivity contribution in [2.45, 2.75) is 18.9 Å². The molecule has 0 saturated carbocycles. The molecule has 8 nitrogen and oxygen atoms in total. The summed E-state index contributed by atoms with van der Waals surface area (Å²) in [7, 11) is 1.58. The third kappa shape index (κ3) is 7.00. The molecule has 0 aliphatic carbocycles. The lowest BCUT2D eigenvalue weighted by Gasteiger charge is -2.36. The van der Waals surface area contributed by atoms with Gasteiger partial charge in [0.05, 0.1) is 19.2 Å². The maximum atomic E-state index is 13.7. The third-order valence-electron chi connectivity index (χ3n) is 7.57. The van der Waals surface area contributed by atoms with Crippen molar-refractivity contribution < 1.29 is 18.7 Å². The molecular formula is C31H33ClFN5O3S. The lowest BCUT2D eigenvalue weighted by atomic mass is 10.1. The molecule has 2 aliphatic rings. The molecule has 0 radical (unpaired) electrons. The molecule has 2 heterocycles. The Morgan fingerprint density at radius 2 is 1.71 bits per heavy atom. The van der Waals surface area contributed by atoms with Crippen LogP contribution in [0.2, 0.25) is 5.02 Å². The number of thiocarbonyl (C=S) groups is 1. The summed E-state index contributed by atoms with van der Waals surface area (Å²) in [6, 6.07) is 19.8. The number of benzene rings is 3. The highest BCUT2D eigenvalue weighted by atomic mass is 35.5. The molecule has 1 atom stereocenters. The zero-order valence-corrected chi connectivity index (χ0v) is 24.9. The number of methoxy groups -OCH3 is 1. The fraction of sp³-hybridized carbons (Fsp3) is 0.323. The Labute approximate surface area is 255 Å². The van der Waals surface area contributed by atoms with E-state index in [1.807, 2.05) is 23.1 Å². The number of halogens is 2. The van der Waals surface area contributed by atoms with Crippen molar-refractivity contribution in [1.29, 1.82) is 0 Å². The normalized spacial score (nSPS) is 17.6. The van der Waals surface area contributed by atoms with E-state index in [1.165, 1.54) is 29.2 Å². The highest BCUT2D eigenvalue weighted by molar-refractivity contribution is 7.80. The number of hydrogen-bond donors (Lipinski definition) is 1. The summed E-state index contributed by atoms with van der Waals surface area (Å²) in [4.78, 5) is 34.8. The number of carbonyl (C=O) groups excluding carboxylic acids is 2. The number of anilines is 3. The quantitative estimate of drug-likeness (QED) is 0.323. The largest absolute Gasteiger partial charge is 0.497 e. The summed E-state index contributed by atoms with van der Waals surface area (Å²) in [5, 5.41) is 3.87. The average molecular weight is 610 g/mol. The first-order valence-electron chi connectivity index (χ1n) is 13.9. The Bertz CT molecular complexity index is 1420. The molecule has 5 rings (SSSR count). The average Bonchev–Trinajstić information content (AvgIpc) is 3.22. The van der Waals surface area contributed by atoms with Crippen LogP contribution in [0.3, 0.4) is 0 Å². The standard InChI is InChI=1S/C31H33ClFN5O3S/c1-41-27-12-10-25(11-13-27)38-30(40)28(21-29(39)34-24-8-6-23(33)7-9-24)37(31(38)42)15-3-14-35-16-18-36(19-17-35)26-5-2-4-22(32)20-26/h2,4-13,20,28H,3,14-19,21H2,1H3,(H,34,39)/t28-/m1/s1. The highest BCUT2D eigenvalue weighted by Gasteiger charge is 2.44. The number of hydrogen-bond acceptors (Lipinski definition) is 6. The molecule has 2 saturated heterocycles. The molecule has 2 aliphatic heterocycles. The second-order valence-electron chi connectivity index (χ2n) is 10.3. The molecule has 0 bridgehead atoms. The zero-order valence-electron chi connectivity index (χ0n) is 23.3. The van der Waals surface area contributed by atoms with Crippen molar-refractivity contribution >= 4 is 57.8 Å². The highest BCUT2D eigenvalue weighted by Crippen LogP contribution is 2.29. The fourth-order valence-corrected chi connectivity index (χ4v) is 5.94. The molecule has 1 N–H and O–H groups in total. The van der Waals surface area contributed by atoms with E-state index in [2.05, 4.69) is 21.2 Å². The van der Waals surface area contributed by atoms with Crippen LogP contribution in [-0.2, 0) is 9.59 Å². The predicted molar refractivity (Wildman–Crippen MR) is 168 cm³/mol. The van der Waals surface area contributed by atoms with Crippen LogP contribution in [0.5, 0.6) is 5.75 Å². The van der Waals surface area contributed by atoms with Gasteiger partial charge in [0.15, 0.2) is 5.11 Å². The summed E-state index contributed by atoms with van der Waals surface area (Å²) < 4.78 is 18.6. The van der Waals surface area contributed by atoms with Crippen LogP contribution in [0.1, 0.15) is 12.8 Å². The monoisotopic (exact) mass is 609 g/mol. The van der Waals surface area contributed by atoms with E-state index >= 15 is 0 Å². The minimum atomic E-state index is -0.750. The number of nitrogens with one attached hydrogen (secondary N) is 1. The number of nitrogens with zero attached hydrogens (tertiary/aromatic N) is 4. The van der Waals surface area contributed by atoms with E-state index < -0.39 is 11.9 Å². The molecule has 2 amide bonds. The summed E-state index contributed by atoms with van der Waals surface area (Å²) in [5.74, 6) is -0.327. The number of carbonyl (C=O) groups is 2. The van der Waals surface area contributed by atoms with Gasteiger partial charge in [-0.15, -0.1) is 0 Å². The minimum absolute atomic E-state index is 0.0820. The Morgan fingerprint density at radius 1 is 1.00 bits per heavy atom. The van der Waals surface area contributed by atoms with Crippen LogP contribution in [0.4, 0.5) is 21.5 Å². The Morgan fingerprint density at radius 3 is 2.38 bits per heavy atom. The first-order chi connectivity index (χ1) is 20.3. The van der Waals surface area contributed by atoms with Crippen molar-refractivity contribution in [3.05, 3.63) is 83.6 Å². The van der Waals surface area contributed by atoms with Crippen molar-refractivity contribution in [3.63, 3.8) is 0 Å². The van der Waals surface area contributed by atoms with Crippen molar-refractivity contribution in [2.24, 2.45) is 0 Å². The second-order valence-corrected chi connectivity index (χ2v) is 11.1. The molecule has 11 heteroatoms. The molecule has 3 aromatic rings. The SMILES string of the molecule is COc1ccc(N2C(=O)[C@@H](CC(=O)Nc3ccc(F)cc3)N(CCCN3CCN(c4cccc(Cl)c4)CC3)C2=S)cc1. The number of ether oxygens (including phenoxy) is 1. The lowest BCUT2D eigenvalue weighted by molar-refractivity contribution is -0.124. The molecule has 0 unspecified atom stereocenters. The van der Waals surface area contributed by atoms with Gasteiger partial charge in [-0.1, -0.05) is 17.7 Å². The maximum Gasteiger partial charge on any atom is 0.256 e. The molecule has 0 spiro atoms. The lowest BCUT2D eigenvalue weighted by Crippen LogP contribution is -2.47. The van der Waals surface area contributed by atoms with Crippen molar-refractivity contribution in [3.8, 4) is 5.75 Å². The molecule has 0 aromatic heterocycles. The van der Waals surface area contributed by atoms with Gasteiger partial charge in [0.25, 0.3) is 5.91 Å². The first-order valence-corrected chi connectivity index (χ1v) is 14.7. The topological polar surface area (TPSA) is 68.4 Å². The van der Waals surface area contributed by atoms with Gasteiger partial charge in [0.1, 0.15) is 17.6 Å². The fourth-order valence-electron chi connectivity index (χ4n) is 5.34. The van der Waals surface area contributed by atoms with Crippen molar-refractivity contribution in [2.75, 3.05) is 61.5 Å². The maximum absolute atomic E-state index is 13.7. The first kappa shape index (κ1) is 29.8. The van der Waals surface area contributed by atoms with E-state index in [1.54, 1.807) is 31.4 Å². The Balaban J connectivity index is 1.23. The van der Waals surface area contributed by atoms with Gasteiger partial charge in [-0.2, -0.15) is 0 Å². The van der Waals surface area contributed by atoms with Gasteiger partial charge in [-0.05, 0) is 91.9 Å². The van der Waals surface area contributed by atoms with E-state index in [4.69, 9.17) is 28.6 Å². The zero-order chi connectivity index (χ0) is 29.6. The van der Waals surface area contributed by atoms with Gasteiger partial charge in [-0.3, -0.25) is 19.4 Å². The number of rotatable bonds is 10. The summed E-state index contributed by atoms with van der Waals surface area (Å²) in [6.07, 6.45) is 0.693. The predicted octanol–water partition coefficient (Wildman–Crippen LogP) is 5.03. The van der Waals surface area contributed by atoms with Crippen LogP contribution >= 0.6 is 23.8 Å². The van der Waals surface area contributed by atoms with Crippen LogP contribution in [0.15, 0.2) is 72.8 Å². The minimum Gasteiger partial charge on any atom is -0.497 e. The summed E-state index contributed by atoms with van der Waals surface area (Å²) in [6.45, 7) is 5.00. The smallest absolute Gasteiger partial charge is 0.256 e. The van der Waals surface area contributed by atoms with Gasteiger partial charge in [0, 0.05) is 49.1 Å². The van der Waals surface area contributed by atoms with Crippen molar-refractivity contribution in [1.82, 2.24) is 9.80 Å². The molecule has 42 heavy (non-hydrogen) atoms. The molecule has 3 aromatic carbocycles. The molecular weight excluding hydrogens is 577 g/mol. The molecule has 2 fully saturated rings. The number of amides is 2. The third-order valence-corrected chi connectivity index (χ3v) is 8.23. The van der Waals surface area contributed by atoms with Gasteiger partial charge < -0.3 is 19.9 Å². The van der Waals surface area contributed by atoms with Crippen LogP contribution in [0, 0.1) is 5.82 Å².